The van der Waals surface area contributed by atoms with Crippen molar-refractivity contribution in [2.45, 2.75) is 0 Å². The molecule has 0 N–H and O–H groups in total. The summed E-state index contributed by atoms with van der Waals surface area (Å²) >= 11 is 4.82. The van der Waals surface area contributed by atoms with Gasteiger partial charge in [-0.1, -0.05) is 45.5 Å². The Morgan fingerprint density at radius 3 is 2.84 bits per heavy atom. The molecular formula is C13H9BrN2O2S. The summed E-state index contributed by atoms with van der Waals surface area (Å²) in [4.78, 5) is 17.3. The van der Waals surface area contributed by atoms with Gasteiger partial charge in [-0.25, -0.2) is 9.78 Å². The van der Waals surface area contributed by atoms with Crippen LogP contribution in [0, 0.1) is 0 Å². The second-order valence-corrected chi connectivity index (χ2v) is 5.75. The average Bonchev–Trinajstić information content (AvgIpc) is 2.96. The van der Waals surface area contributed by atoms with Crippen LogP contribution in [0.5, 0.6) is 0 Å². The molecule has 0 saturated carbocycles. The first-order chi connectivity index (χ1) is 9.19. The maximum absolute atomic E-state index is 11.4. The van der Waals surface area contributed by atoms with Crippen LogP contribution < -0.4 is 0 Å². The molecule has 0 atom stereocenters. The highest BCUT2D eigenvalue weighted by Crippen LogP contribution is 2.29. The number of aromatic nitrogens is 2. The van der Waals surface area contributed by atoms with Crippen LogP contribution in [0.25, 0.3) is 16.2 Å². The molecule has 0 aliphatic heterocycles. The predicted octanol–water partition coefficient (Wildman–Crippen LogP) is 3.61. The lowest BCUT2D eigenvalue weighted by Gasteiger charge is -1.98. The van der Waals surface area contributed by atoms with Gasteiger partial charge in [0.15, 0.2) is 4.96 Å². The van der Waals surface area contributed by atoms with E-state index < -0.39 is 0 Å². The molecule has 0 amide bonds. The first-order valence-electron chi connectivity index (χ1n) is 5.51. The number of benzene rings is 1. The smallest absolute Gasteiger partial charge is 0.349 e. The highest BCUT2D eigenvalue weighted by atomic mass is 79.9. The SMILES string of the molecule is COC(=O)c1cn2cc(-c3ccccc3Br)nc2s1. The van der Waals surface area contributed by atoms with E-state index in [0.29, 0.717) is 4.88 Å². The lowest BCUT2D eigenvalue weighted by atomic mass is 10.2. The van der Waals surface area contributed by atoms with Crippen LogP contribution in [0.4, 0.5) is 0 Å². The molecule has 2 heterocycles. The lowest BCUT2D eigenvalue weighted by molar-refractivity contribution is 0.0606. The highest BCUT2D eigenvalue weighted by molar-refractivity contribution is 9.10. The molecule has 4 nitrogen and oxygen atoms in total. The van der Waals surface area contributed by atoms with Crippen molar-refractivity contribution < 1.29 is 9.53 Å². The number of ether oxygens (including phenoxy) is 1. The summed E-state index contributed by atoms with van der Waals surface area (Å²) in [7, 11) is 1.37. The van der Waals surface area contributed by atoms with E-state index >= 15 is 0 Å². The van der Waals surface area contributed by atoms with Crippen molar-refractivity contribution in [1.29, 1.82) is 0 Å². The number of thiazole rings is 1. The molecule has 0 fully saturated rings. The standard InChI is InChI=1S/C13H9BrN2O2S/c1-18-12(17)11-7-16-6-10(15-13(16)19-11)8-4-2-3-5-9(8)14/h2-7H,1H3. The number of halogens is 1. The Balaban J connectivity index is 2.07. The molecule has 19 heavy (non-hydrogen) atoms. The quantitative estimate of drug-likeness (QED) is 0.671. The fourth-order valence-corrected chi connectivity index (χ4v) is 3.16. The Morgan fingerprint density at radius 1 is 1.37 bits per heavy atom. The largest absolute Gasteiger partial charge is 0.465 e. The first kappa shape index (κ1) is 12.4. The van der Waals surface area contributed by atoms with Crippen molar-refractivity contribution in [3.63, 3.8) is 0 Å². The fourth-order valence-electron chi connectivity index (χ4n) is 1.79. The van der Waals surface area contributed by atoms with Gasteiger partial charge in [0.1, 0.15) is 4.88 Å². The van der Waals surface area contributed by atoms with E-state index in [1.807, 2.05) is 34.9 Å². The highest BCUT2D eigenvalue weighted by Gasteiger charge is 2.14. The number of fused-ring (bicyclic) bond motifs is 1. The minimum atomic E-state index is -0.335. The van der Waals surface area contributed by atoms with Crippen molar-refractivity contribution >= 4 is 38.2 Å². The van der Waals surface area contributed by atoms with Gasteiger partial charge in [-0.3, -0.25) is 4.40 Å². The van der Waals surface area contributed by atoms with Crippen molar-refractivity contribution in [3.8, 4) is 11.3 Å². The zero-order valence-corrected chi connectivity index (χ0v) is 12.4. The molecule has 6 heteroatoms. The third kappa shape index (κ3) is 2.17. The second-order valence-electron chi connectivity index (χ2n) is 3.88. The number of nitrogens with zero attached hydrogens (tertiary/aromatic N) is 2. The minimum absolute atomic E-state index is 0.335. The molecule has 96 valence electrons. The van der Waals surface area contributed by atoms with Crippen LogP contribution in [0.15, 0.2) is 41.1 Å². The molecular weight excluding hydrogens is 328 g/mol. The van der Waals surface area contributed by atoms with Gasteiger partial charge < -0.3 is 4.74 Å². The van der Waals surface area contributed by atoms with Crippen LogP contribution >= 0.6 is 27.3 Å². The minimum Gasteiger partial charge on any atom is -0.465 e. The molecule has 0 unspecified atom stereocenters. The van der Waals surface area contributed by atoms with Crippen LogP contribution in [0.2, 0.25) is 0 Å². The lowest BCUT2D eigenvalue weighted by Crippen LogP contribution is -1.97. The van der Waals surface area contributed by atoms with Crippen molar-refractivity contribution in [1.82, 2.24) is 9.38 Å². The molecule has 0 spiro atoms. The van der Waals surface area contributed by atoms with Gasteiger partial charge in [0.2, 0.25) is 0 Å². The Kier molecular flexibility index (Phi) is 3.12. The Morgan fingerprint density at radius 2 is 2.16 bits per heavy atom. The average molecular weight is 337 g/mol. The molecule has 3 rings (SSSR count). The fraction of sp³-hybridized carbons (Fsp3) is 0.0769. The third-order valence-electron chi connectivity index (χ3n) is 2.69. The van der Waals surface area contributed by atoms with Gasteiger partial charge in [0.25, 0.3) is 0 Å². The topological polar surface area (TPSA) is 43.6 Å². The number of rotatable bonds is 2. The van der Waals surface area contributed by atoms with Crippen LogP contribution in [-0.2, 0) is 4.74 Å². The Hall–Kier alpha value is -1.66. The van der Waals surface area contributed by atoms with E-state index in [-0.39, 0.29) is 5.97 Å². The van der Waals surface area contributed by atoms with Gasteiger partial charge >= 0.3 is 5.97 Å². The number of hydrogen-bond donors (Lipinski definition) is 0. The van der Waals surface area contributed by atoms with Gasteiger partial charge in [-0.05, 0) is 6.07 Å². The number of hydrogen-bond acceptors (Lipinski definition) is 4. The number of carbonyl (C=O) groups is 1. The van der Waals surface area contributed by atoms with Gasteiger partial charge in [-0.2, -0.15) is 0 Å². The molecule has 2 aromatic heterocycles. The monoisotopic (exact) mass is 336 g/mol. The van der Waals surface area contributed by atoms with Gasteiger partial charge in [-0.15, -0.1) is 0 Å². The third-order valence-corrected chi connectivity index (χ3v) is 4.36. The summed E-state index contributed by atoms with van der Waals surface area (Å²) < 4.78 is 7.53. The molecule has 0 aliphatic rings. The normalized spacial score (nSPS) is 10.8. The first-order valence-corrected chi connectivity index (χ1v) is 7.12. The van der Waals surface area contributed by atoms with Crippen LogP contribution in [0.1, 0.15) is 9.67 Å². The van der Waals surface area contributed by atoms with Crippen molar-refractivity contribution in [2.24, 2.45) is 0 Å². The van der Waals surface area contributed by atoms with E-state index in [2.05, 4.69) is 20.9 Å². The zero-order valence-electron chi connectivity index (χ0n) is 9.96. The molecule has 1 aromatic carbocycles. The second kappa shape index (κ2) is 4.79. The van der Waals surface area contributed by atoms with Crippen molar-refractivity contribution in [3.05, 3.63) is 46.0 Å². The predicted molar refractivity (Wildman–Crippen MR) is 77.5 cm³/mol. The molecule has 0 bridgehead atoms. The zero-order chi connectivity index (χ0) is 13.4. The Labute approximate surface area is 121 Å². The van der Waals surface area contributed by atoms with Gasteiger partial charge in [0, 0.05) is 22.4 Å². The van der Waals surface area contributed by atoms with E-state index in [4.69, 9.17) is 4.74 Å². The number of esters is 1. The Bertz CT molecular complexity index is 731. The van der Waals surface area contributed by atoms with E-state index in [1.165, 1.54) is 18.4 Å². The van der Waals surface area contributed by atoms with Crippen LogP contribution in [0.3, 0.4) is 0 Å². The summed E-state index contributed by atoms with van der Waals surface area (Å²) in [5, 5.41) is 0. The molecule has 0 aliphatic carbocycles. The summed E-state index contributed by atoms with van der Waals surface area (Å²) in [5.41, 5.74) is 1.90. The molecule has 3 aromatic rings. The van der Waals surface area contributed by atoms with Crippen molar-refractivity contribution in [2.75, 3.05) is 7.11 Å². The number of methoxy groups -OCH3 is 1. The van der Waals surface area contributed by atoms with E-state index in [1.54, 1.807) is 6.20 Å². The van der Waals surface area contributed by atoms with E-state index in [0.717, 1.165) is 20.7 Å². The summed E-state index contributed by atoms with van der Waals surface area (Å²) in [6.45, 7) is 0. The summed E-state index contributed by atoms with van der Waals surface area (Å²) in [6, 6.07) is 7.90. The maximum atomic E-state index is 11.4. The van der Waals surface area contributed by atoms with Gasteiger partial charge in [0.05, 0.1) is 12.8 Å². The maximum Gasteiger partial charge on any atom is 0.349 e. The van der Waals surface area contributed by atoms with E-state index in [9.17, 15) is 4.79 Å². The van der Waals surface area contributed by atoms with Crippen LogP contribution in [-0.4, -0.2) is 22.5 Å². The molecule has 0 radical (unpaired) electrons. The summed E-state index contributed by atoms with van der Waals surface area (Å²) in [6.07, 6.45) is 3.64. The molecule has 0 saturated heterocycles. The number of imidazole rings is 1. The summed E-state index contributed by atoms with van der Waals surface area (Å²) in [5.74, 6) is -0.335. The number of carbonyl (C=O) groups excluding carboxylic acids is 1.